The zero-order chi connectivity index (χ0) is 15.6. The van der Waals surface area contributed by atoms with Crippen molar-refractivity contribution in [2.45, 2.75) is 24.8 Å². The molecule has 0 amide bonds. The Hall–Kier alpha value is -1.44. The van der Waals surface area contributed by atoms with Gasteiger partial charge >= 0.3 is 0 Å². The molecule has 0 radical (unpaired) electrons. The lowest BCUT2D eigenvalue weighted by Gasteiger charge is -2.16. The molecular weight excluding hydrogens is 306 g/mol. The zero-order valence-corrected chi connectivity index (χ0v) is 14.1. The summed E-state index contributed by atoms with van der Waals surface area (Å²) in [5.74, 6) is 0. The third-order valence-electron chi connectivity index (χ3n) is 3.08. The number of aromatic nitrogens is 1. The smallest absolute Gasteiger partial charge is 0.242 e. The highest BCUT2D eigenvalue weighted by molar-refractivity contribution is 7.89. The molecule has 0 aliphatic carbocycles. The fourth-order valence-corrected chi connectivity index (χ4v) is 3.51. The average Bonchev–Trinajstić information content (AvgIpc) is 2.85. The highest BCUT2D eigenvalue weighted by Gasteiger charge is 2.17. The number of nitrogens with one attached hydrogen (secondary N) is 1. The Bertz CT molecular complexity index is 723. The standard InChI is InChI=1S/C14H19N3O2S2/c1-10(14-9-20-11(2)16-14)15-12-6-5-7-13(8-12)21(18,19)17(3)4/h5-10,15H,1-4H3. The predicted molar refractivity (Wildman–Crippen MR) is 86.2 cm³/mol. The lowest BCUT2D eigenvalue weighted by Crippen LogP contribution is -2.22. The van der Waals surface area contributed by atoms with Crippen LogP contribution in [0, 0.1) is 6.92 Å². The highest BCUT2D eigenvalue weighted by atomic mass is 32.2. The van der Waals surface area contributed by atoms with E-state index in [1.807, 2.05) is 25.3 Å². The van der Waals surface area contributed by atoms with Gasteiger partial charge in [0.15, 0.2) is 0 Å². The van der Waals surface area contributed by atoms with E-state index in [1.54, 1.807) is 29.5 Å². The molecule has 1 aromatic carbocycles. The van der Waals surface area contributed by atoms with E-state index in [0.29, 0.717) is 0 Å². The number of sulfonamides is 1. The van der Waals surface area contributed by atoms with Crippen molar-refractivity contribution in [3.8, 4) is 0 Å². The normalized spacial score (nSPS) is 13.4. The second-order valence-electron chi connectivity index (χ2n) is 4.97. The first-order valence-electron chi connectivity index (χ1n) is 6.52. The Labute approximate surface area is 129 Å². The summed E-state index contributed by atoms with van der Waals surface area (Å²) in [6, 6.07) is 6.85. The minimum atomic E-state index is -3.42. The van der Waals surface area contributed by atoms with Crippen LogP contribution in [0.3, 0.4) is 0 Å². The van der Waals surface area contributed by atoms with E-state index >= 15 is 0 Å². The van der Waals surface area contributed by atoms with E-state index < -0.39 is 10.0 Å². The maximum absolute atomic E-state index is 12.1. The summed E-state index contributed by atoms with van der Waals surface area (Å²) in [6.45, 7) is 3.97. The summed E-state index contributed by atoms with van der Waals surface area (Å²) in [5.41, 5.74) is 1.72. The van der Waals surface area contributed by atoms with Crippen molar-refractivity contribution in [2.75, 3.05) is 19.4 Å². The van der Waals surface area contributed by atoms with Crippen molar-refractivity contribution in [3.63, 3.8) is 0 Å². The summed E-state index contributed by atoms with van der Waals surface area (Å²) < 4.78 is 25.5. The third-order valence-corrected chi connectivity index (χ3v) is 5.68. The lowest BCUT2D eigenvalue weighted by molar-refractivity contribution is 0.521. The van der Waals surface area contributed by atoms with Gasteiger partial charge in [-0.2, -0.15) is 0 Å². The van der Waals surface area contributed by atoms with Crippen LogP contribution in [-0.2, 0) is 10.0 Å². The van der Waals surface area contributed by atoms with Crippen molar-refractivity contribution in [2.24, 2.45) is 0 Å². The van der Waals surface area contributed by atoms with Crippen LogP contribution in [0.2, 0.25) is 0 Å². The van der Waals surface area contributed by atoms with Crippen molar-refractivity contribution in [1.29, 1.82) is 0 Å². The van der Waals surface area contributed by atoms with Gasteiger partial charge in [-0.05, 0) is 32.0 Å². The predicted octanol–water partition coefficient (Wildman–Crippen LogP) is 2.87. The van der Waals surface area contributed by atoms with E-state index in [-0.39, 0.29) is 10.9 Å². The highest BCUT2D eigenvalue weighted by Crippen LogP contribution is 2.23. The molecule has 114 valence electrons. The van der Waals surface area contributed by atoms with Crippen molar-refractivity contribution in [1.82, 2.24) is 9.29 Å². The summed E-state index contributed by atoms with van der Waals surface area (Å²) >= 11 is 1.60. The van der Waals surface area contributed by atoms with Gasteiger partial charge in [-0.25, -0.2) is 17.7 Å². The van der Waals surface area contributed by atoms with Crippen molar-refractivity contribution >= 4 is 27.0 Å². The van der Waals surface area contributed by atoms with Crippen LogP contribution in [0.5, 0.6) is 0 Å². The molecule has 0 spiro atoms. The largest absolute Gasteiger partial charge is 0.377 e. The average molecular weight is 325 g/mol. The van der Waals surface area contributed by atoms with Crippen LogP contribution in [-0.4, -0.2) is 31.8 Å². The van der Waals surface area contributed by atoms with E-state index in [2.05, 4.69) is 10.3 Å². The molecule has 0 aliphatic heterocycles. The first-order valence-corrected chi connectivity index (χ1v) is 8.84. The van der Waals surface area contributed by atoms with Gasteiger partial charge in [-0.1, -0.05) is 6.07 Å². The van der Waals surface area contributed by atoms with Crippen LogP contribution < -0.4 is 5.32 Å². The molecule has 1 N–H and O–H groups in total. The Morgan fingerprint density at radius 3 is 2.62 bits per heavy atom. The Balaban J connectivity index is 2.22. The number of benzene rings is 1. The van der Waals surface area contributed by atoms with Gasteiger partial charge in [0.2, 0.25) is 10.0 Å². The first kappa shape index (κ1) is 15.9. The maximum atomic E-state index is 12.1. The van der Waals surface area contributed by atoms with Gasteiger partial charge in [0, 0.05) is 25.2 Å². The molecule has 0 saturated carbocycles. The monoisotopic (exact) mass is 325 g/mol. The lowest BCUT2D eigenvalue weighted by atomic mass is 10.2. The first-order chi connectivity index (χ1) is 9.80. The molecule has 0 bridgehead atoms. The van der Waals surface area contributed by atoms with Crippen LogP contribution in [0.15, 0.2) is 34.5 Å². The Morgan fingerprint density at radius 1 is 1.33 bits per heavy atom. The molecule has 1 heterocycles. The molecule has 5 nitrogen and oxygen atoms in total. The van der Waals surface area contributed by atoms with E-state index in [0.717, 1.165) is 16.4 Å². The summed E-state index contributed by atoms with van der Waals surface area (Å²) in [4.78, 5) is 4.71. The second kappa shape index (κ2) is 6.13. The fraction of sp³-hybridized carbons (Fsp3) is 0.357. The topological polar surface area (TPSA) is 62.3 Å². The van der Waals surface area contributed by atoms with Crippen molar-refractivity contribution in [3.05, 3.63) is 40.3 Å². The van der Waals surface area contributed by atoms with E-state index in [9.17, 15) is 8.42 Å². The molecule has 0 fully saturated rings. The number of anilines is 1. The molecule has 2 rings (SSSR count). The minimum absolute atomic E-state index is 0.0206. The Morgan fingerprint density at radius 2 is 2.05 bits per heavy atom. The number of aryl methyl sites for hydroxylation is 1. The number of hydrogen-bond donors (Lipinski definition) is 1. The zero-order valence-electron chi connectivity index (χ0n) is 12.5. The number of nitrogens with zero attached hydrogens (tertiary/aromatic N) is 2. The van der Waals surface area contributed by atoms with Gasteiger partial charge < -0.3 is 5.32 Å². The molecule has 1 aromatic heterocycles. The Kier molecular flexibility index (Phi) is 4.65. The quantitative estimate of drug-likeness (QED) is 0.918. The van der Waals surface area contributed by atoms with Crippen LogP contribution in [0.1, 0.15) is 23.7 Å². The molecule has 2 aromatic rings. The minimum Gasteiger partial charge on any atom is -0.377 e. The van der Waals surface area contributed by atoms with Crippen molar-refractivity contribution < 1.29 is 8.42 Å². The van der Waals surface area contributed by atoms with Crippen LogP contribution in [0.4, 0.5) is 5.69 Å². The summed E-state index contributed by atoms with van der Waals surface area (Å²) in [5, 5.41) is 6.31. The number of hydrogen-bond acceptors (Lipinski definition) is 5. The SMILES string of the molecule is Cc1nc(C(C)Nc2cccc(S(=O)(=O)N(C)C)c2)cs1. The molecule has 1 unspecified atom stereocenters. The van der Waals surface area contributed by atoms with Gasteiger partial charge in [0.1, 0.15) is 0 Å². The number of rotatable bonds is 5. The summed E-state index contributed by atoms with van der Waals surface area (Å²) in [7, 11) is -0.368. The van der Waals surface area contributed by atoms with E-state index in [1.165, 1.54) is 18.4 Å². The fourth-order valence-electron chi connectivity index (χ4n) is 1.86. The van der Waals surface area contributed by atoms with Crippen LogP contribution >= 0.6 is 11.3 Å². The van der Waals surface area contributed by atoms with Gasteiger partial charge in [0.25, 0.3) is 0 Å². The molecule has 21 heavy (non-hydrogen) atoms. The second-order valence-corrected chi connectivity index (χ2v) is 8.19. The molecule has 7 heteroatoms. The maximum Gasteiger partial charge on any atom is 0.242 e. The number of thiazole rings is 1. The molecule has 0 saturated heterocycles. The van der Waals surface area contributed by atoms with Gasteiger partial charge in [-0.15, -0.1) is 11.3 Å². The summed E-state index contributed by atoms with van der Waals surface area (Å²) in [6.07, 6.45) is 0. The third kappa shape index (κ3) is 3.61. The van der Waals surface area contributed by atoms with Gasteiger partial charge in [-0.3, -0.25) is 0 Å². The van der Waals surface area contributed by atoms with Crippen LogP contribution in [0.25, 0.3) is 0 Å². The molecule has 0 aliphatic rings. The van der Waals surface area contributed by atoms with Gasteiger partial charge in [0.05, 0.1) is 21.6 Å². The van der Waals surface area contributed by atoms with E-state index in [4.69, 9.17) is 0 Å². The molecule has 1 atom stereocenters. The molecular formula is C14H19N3O2S2.